The molecule has 1 fully saturated rings. The molecule has 2 rings (SSSR count). The molecule has 1 aliphatic heterocycles. The van der Waals surface area contributed by atoms with Crippen molar-refractivity contribution < 1.29 is 0 Å². The van der Waals surface area contributed by atoms with Crippen molar-refractivity contribution in [1.82, 2.24) is 5.32 Å². The topological polar surface area (TPSA) is 12.0 Å². The molecule has 0 aromatic heterocycles. The zero-order valence-corrected chi connectivity index (χ0v) is 9.09. The predicted molar refractivity (Wildman–Crippen MR) is 60.6 cm³/mol. The number of benzene rings is 1. The third-order valence-electron chi connectivity index (χ3n) is 3.29. The average Bonchev–Trinajstić information content (AvgIpc) is 2.67. The van der Waals surface area contributed by atoms with Gasteiger partial charge < -0.3 is 5.32 Å². The van der Waals surface area contributed by atoms with Crippen LogP contribution >= 0.6 is 0 Å². The van der Waals surface area contributed by atoms with Crippen LogP contribution in [0, 0.1) is 6.92 Å². The van der Waals surface area contributed by atoms with Crippen LogP contribution in [0.3, 0.4) is 0 Å². The molecule has 1 heteroatoms. The number of hydrogen-bond donors (Lipinski definition) is 1. The Labute approximate surface area is 86.5 Å². The van der Waals surface area contributed by atoms with E-state index in [2.05, 4.69) is 43.4 Å². The standard InChI is InChI=1S/C13H19N/c1-3-13-12(8-9-14-13)11-6-4-10(2)5-7-11/h4-7,12-14H,3,8-9H2,1-2H3/t12-,13-/m1/s1. The van der Waals surface area contributed by atoms with E-state index in [1.165, 1.54) is 30.5 Å². The first kappa shape index (κ1) is 9.72. The maximum absolute atomic E-state index is 3.57. The summed E-state index contributed by atoms with van der Waals surface area (Å²) in [5.74, 6) is 0.737. The number of hydrogen-bond acceptors (Lipinski definition) is 1. The zero-order valence-electron chi connectivity index (χ0n) is 9.09. The first-order valence-electron chi connectivity index (χ1n) is 5.61. The van der Waals surface area contributed by atoms with Crippen molar-refractivity contribution in [3.8, 4) is 0 Å². The number of nitrogens with one attached hydrogen (secondary N) is 1. The van der Waals surface area contributed by atoms with Gasteiger partial charge >= 0.3 is 0 Å². The molecule has 1 saturated heterocycles. The van der Waals surface area contributed by atoms with Crippen LogP contribution < -0.4 is 5.32 Å². The van der Waals surface area contributed by atoms with Crippen LogP contribution in [0.2, 0.25) is 0 Å². The van der Waals surface area contributed by atoms with Gasteiger partial charge in [-0.3, -0.25) is 0 Å². The summed E-state index contributed by atoms with van der Waals surface area (Å²) < 4.78 is 0. The van der Waals surface area contributed by atoms with Gasteiger partial charge in [-0.25, -0.2) is 0 Å². The van der Waals surface area contributed by atoms with Crippen molar-refractivity contribution >= 4 is 0 Å². The summed E-state index contributed by atoms with van der Waals surface area (Å²) in [6.07, 6.45) is 2.53. The molecule has 1 nitrogen and oxygen atoms in total. The highest BCUT2D eigenvalue weighted by Crippen LogP contribution is 2.29. The Hall–Kier alpha value is -0.820. The summed E-state index contributed by atoms with van der Waals surface area (Å²) in [6.45, 7) is 5.59. The minimum atomic E-state index is 0.692. The lowest BCUT2D eigenvalue weighted by molar-refractivity contribution is 0.531. The Bertz CT molecular complexity index is 289. The van der Waals surface area contributed by atoms with Gasteiger partial charge in [0.25, 0.3) is 0 Å². The summed E-state index contributed by atoms with van der Waals surface area (Å²) in [5.41, 5.74) is 2.86. The fourth-order valence-electron chi connectivity index (χ4n) is 2.41. The van der Waals surface area contributed by atoms with E-state index in [1.807, 2.05) is 0 Å². The van der Waals surface area contributed by atoms with E-state index in [0.717, 1.165) is 5.92 Å². The molecule has 0 unspecified atom stereocenters. The molecule has 1 heterocycles. The lowest BCUT2D eigenvalue weighted by Gasteiger charge is -2.18. The monoisotopic (exact) mass is 189 g/mol. The highest BCUT2D eigenvalue weighted by molar-refractivity contribution is 5.26. The van der Waals surface area contributed by atoms with Crippen LogP contribution in [0.25, 0.3) is 0 Å². The molecule has 0 amide bonds. The Balaban J connectivity index is 2.17. The first-order chi connectivity index (χ1) is 6.81. The normalized spacial score (nSPS) is 26.7. The predicted octanol–water partition coefficient (Wildman–Crippen LogP) is 2.85. The van der Waals surface area contributed by atoms with Crippen LogP contribution in [0.5, 0.6) is 0 Å². The largest absolute Gasteiger partial charge is 0.313 e. The molecular weight excluding hydrogens is 170 g/mol. The number of aryl methyl sites for hydroxylation is 1. The minimum Gasteiger partial charge on any atom is -0.313 e. The smallest absolute Gasteiger partial charge is 0.0134 e. The molecular formula is C13H19N. The van der Waals surface area contributed by atoms with Crippen molar-refractivity contribution in [2.24, 2.45) is 0 Å². The van der Waals surface area contributed by atoms with Crippen molar-refractivity contribution in [3.05, 3.63) is 35.4 Å². The van der Waals surface area contributed by atoms with Crippen LogP contribution in [-0.4, -0.2) is 12.6 Å². The quantitative estimate of drug-likeness (QED) is 0.754. The summed E-state index contributed by atoms with van der Waals surface area (Å²) in [4.78, 5) is 0. The lowest BCUT2D eigenvalue weighted by Crippen LogP contribution is -2.24. The van der Waals surface area contributed by atoms with Crippen molar-refractivity contribution in [1.29, 1.82) is 0 Å². The second kappa shape index (κ2) is 4.14. The molecule has 1 aliphatic rings. The highest BCUT2D eigenvalue weighted by Gasteiger charge is 2.26. The van der Waals surface area contributed by atoms with Crippen LogP contribution in [-0.2, 0) is 0 Å². The van der Waals surface area contributed by atoms with Crippen molar-refractivity contribution in [3.63, 3.8) is 0 Å². The molecule has 0 saturated carbocycles. The van der Waals surface area contributed by atoms with E-state index < -0.39 is 0 Å². The summed E-state index contributed by atoms with van der Waals surface area (Å²) in [5, 5.41) is 3.57. The average molecular weight is 189 g/mol. The lowest BCUT2D eigenvalue weighted by atomic mass is 9.90. The van der Waals surface area contributed by atoms with Crippen LogP contribution in [0.4, 0.5) is 0 Å². The van der Waals surface area contributed by atoms with Gasteiger partial charge in [0, 0.05) is 12.0 Å². The maximum Gasteiger partial charge on any atom is 0.0134 e. The molecule has 2 atom stereocenters. The highest BCUT2D eigenvalue weighted by atomic mass is 14.9. The molecule has 1 aromatic rings. The Kier molecular flexibility index (Phi) is 2.87. The van der Waals surface area contributed by atoms with E-state index in [9.17, 15) is 0 Å². The number of rotatable bonds is 2. The molecule has 14 heavy (non-hydrogen) atoms. The van der Waals surface area contributed by atoms with Gasteiger partial charge in [0.15, 0.2) is 0 Å². The first-order valence-corrected chi connectivity index (χ1v) is 5.61. The maximum atomic E-state index is 3.57. The fraction of sp³-hybridized carbons (Fsp3) is 0.538. The Morgan fingerprint density at radius 3 is 2.64 bits per heavy atom. The minimum absolute atomic E-state index is 0.692. The third-order valence-corrected chi connectivity index (χ3v) is 3.29. The molecule has 0 spiro atoms. The van der Waals surface area contributed by atoms with Crippen LogP contribution in [0.15, 0.2) is 24.3 Å². The van der Waals surface area contributed by atoms with Gasteiger partial charge in [-0.15, -0.1) is 0 Å². The third kappa shape index (κ3) is 1.83. The molecule has 0 bridgehead atoms. The van der Waals surface area contributed by atoms with Gasteiger partial charge in [0.1, 0.15) is 0 Å². The summed E-state index contributed by atoms with van der Waals surface area (Å²) in [7, 11) is 0. The fourth-order valence-corrected chi connectivity index (χ4v) is 2.41. The molecule has 1 N–H and O–H groups in total. The van der Waals surface area contributed by atoms with Crippen LogP contribution in [0.1, 0.15) is 36.8 Å². The van der Waals surface area contributed by atoms with Gasteiger partial charge in [0.05, 0.1) is 0 Å². The Morgan fingerprint density at radius 1 is 1.29 bits per heavy atom. The second-order valence-electron chi connectivity index (χ2n) is 4.27. The van der Waals surface area contributed by atoms with Gasteiger partial charge in [0.2, 0.25) is 0 Å². The van der Waals surface area contributed by atoms with Gasteiger partial charge in [-0.1, -0.05) is 36.8 Å². The van der Waals surface area contributed by atoms with Crippen molar-refractivity contribution in [2.45, 2.75) is 38.6 Å². The zero-order chi connectivity index (χ0) is 9.97. The molecule has 76 valence electrons. The molecule has 0 radical (unpaired) electrons. The molecule has 0 aliphatic carbocycles. The summed E-state index contributed by atoms with van der Waals surface area (Å²) in [6, 6.07) is 9.71. The van der Waals surface area contributed by atoms with E-state index in [4.69, 9.17) is 0 Å². The Morgan fingerprint density at radius 2 is 2.00 bits per heavy atom. The van der Waals surface area contributed by atoms with Gasteiger partial charge in [-0.2, -0.15) is 0 Å². The van der Waals surface area contributed by atoms with Gasteiger partial charge in [-0.05, 0) is 31.9 Å². The van der Waals surface area contributed by atoms with Crippen molar-refractivity contribution in [2.75, 3.05) is 6.54 Å². The summed E-state index contributed by atoms with van der Waals surface area (Å²) >= 11 is 0. The molecule has 1 aromatic carbocycles. The van der Waals surface area contributed by atoms with E-state index in [0.29, 0.717) is 6.04 Å². The van der Waals surface area contributed by atoms with E-state index >= 15 is 0 Å². The SMILES string of the molecule is CC[C@H]1NCC[C@@H]1c1ccc(C)cc1. The van der Waals surface area contributed by atoms with E-state index in [-0.39, 0.29) is 0 Å². The second-order valence-corrected chi connectivity index (χ2v) is 4.27. The van der Waals surface area contributed by atoms with E-state index in [1.54, 1.807) is 0 Å².